The van der Waals surface area contributed by atoms with Gasteiger partial charge in [-0.25, -0.2) is 9.98 Å². The molecule has 0 fully saturated rings. The molecule has 0 aliphatic carbocycles. The predicted molar refractivity (Wildman–Crippen MR) is 181 cm³/mol. The van der Waals surface area contributed by atoms with E-state index in [4.69, 9.17) is 56.4 Å². The largest absolute Gasteiger partial charge is 0.352 e. The Kier molecular flexibility index (Phi) is 11.5. The van der Waals surface area contributed by atoms with Crippen molar-refractivity contribution in [1.29, 1.82) is 0 Å². The van der Waals surface area contributed by atoms with Crippen LogP contribution in [0.25, 0.3) is 0 Å². The standard InChI is InChI=1S/C28H27BrCl4N6S2/c29-22-4-3-20(12-40-27-34-14-38(15-35-27)10-18-1-5-23(30)25(32)7-18)21(9-22)13-41-28-36-16-39(17-37-28)11-19-2-6-24(31)26(33)8-19/h1-9H,10-17H2,(H,34,35)(H,36,37). The Hall–Kier alpha value is -1.14. The number of nitrogens with one attached hydrogen (secondary N) is 2. The molecule has 0 bridgehead atoms. The molecule has 3 aromatic carbocycles. The smallest absolute Gasteiger partial charge is 0.159 e. The molecule has 0 unspecified atom stereocenters. The van der Waals surface area contributed by atoms with Crippen LogP contribution in [0.1, 0.15) is 22.3 Å². The molecule has 0 spiro atoms. The summed E-state index contributed by atoms with van der Waals surface area (Å²) in [6.07, 6.45) is 0. The zero-order valence-corrected chi connectivity index (χ0v) is 28.1. The van der Waals surface area contributed by atoms with E-state index in [1.165, 1.54) is 11.1 Å². The zero-order chi connectivity index (χ0) is 28.8. The Balaban J connectivity index is 1.10. The fraction of sp³-hybridized carbons (Fsp3) is 0.286. The minimum absolute atomic E-state index is 0.570. The van der Waals surface area contributed by atoms with Gasteiger partial charge in [-0.2, -0.15) is 0 Å². The molecule has 2 heterocycles. The average molecular weight is 733 g/mol. The number of halogens is 5. The van der Waals surface area contributed by atoms with Gasteiger partial charge in [-0.05, 0) is 58.7 Å². The number of nitrogens with zero attached hydrogens (tertiary/aromatic N) is 4. The summed E-state index contributed by atoms with van der Waals surface area (Å²) in [6.45, 7) is 4.22. The number of amidine groups is 2. The van der Waals surface area contributed by atoms with Gasteiger partial charge in [0.05, 0.1) is 46.8 Å². The fourth-order valence-corrected chi connectivity index (χ4v) is 7.07. The van der Waals surface area contributed by atoms with E-state index in [2.05, 4.69) is 54.6 Å². The van der Waals surface area contributed by atoms with E-state index in [0.29, 0.717) is 33.4 Å². The van der Waals surface area contributed by atoms with E-state index in [-0.39, 0.29) is 0 Å². The van der Waals surface area contributed by atoms with Gasteiger partial charge >= 0.3 is 0 Å². The molecule has 2 aliphatic rings. The molecule has 6 nitrogen and oxygen atoms in total. The van der Waals surface area contributed by atoms with Gasteiger partial charge in [-0.3, -0.25) is 9.80 Å². The first-order chi connectivity index (χ1) is 19.8. The molecule has 0 atom stereocenters. The summed E-state index contributed by atoms with van der Waals surface area (Å²) in [5, 5.41) is 11.1. The molecule has 41 heavy (non-hydrogen) atoms. The second-order valence-corrected chi connectivity index (χ2v) is 14.0. The first kappa shape index (κ1) is 31.3. The molecule has 0 radical (unpaired) electrons. The van der Waals surface area contributed by atoms with Crippen molar-refractivity contribution in [2.24, 2.45) is 9.98 Å². The van der Waals surface area contributed by atoms with Crippen molar-refractivity contribution in [1.82, 2.24) is 20.4 Å². The van der Waals surface area contributed by atoms with E-state index >= 15 is 0 Å². The minimum atomic E-state index is 0.570. The lowest BCUT2D eigenvalue weighted by atomic mass is 10.1. The molecule has 2 aliphatic heterocycles. The second-order valence-electron chi connectivity index (χ2n) is 9.52. The fourth-order valence-electron chi connectivity index (χ4n) is 4.26. The third-order valence-electron chi connectivity index (χ3n) is 6.41. The lowest BCUT2D eigenvalue weighted by Crippen LogP contribution is -2.41. The maximum absolute atomic E-state index is 6.16. The molecule has 216 valence electrons. The van der Waals surface area contributed by atoms with Gasteiger partial charge in [-0.1, -0.05) is 104 Å². The molecular formula is C28H27BrCl4N6S2. The normalized spacial score (nSPS) is 16.1. The van der Waals surface area contributed by atoms with Crippen LogP contribution in [0.4, 0.5) is 0 Å². The van der Waals surface area contributed by atoms with Crippen LogP contribution in [-0.4, -0.2) is 46.8 Å². The van der Waals surface area contributed by atoms with Crippen molar-refractivity contribution >= 4 is 96.2 Å². The minimum Gasteiger partial charge on any atom is -0.352 e. The second kappa shape index (κ2) is 15.0. The number of hydrogen-bond acceptors (Lipinski definition) is 8. The summed E-state index contributed by atoms with van der Waals surface area (Å²) < 4.78 is 1.07. The Morgan fingerprint density at radius 1 is 0.659 bits per heavy atom. The van der Waals surface area contributed by atoms with Gasteiger partial charge in [0, 0.05) is 29.1 Å². The Morgan fingerprint density at radius 3 is 1.63 bits per heavy atom. The average Bonchev–Trinajstić information content (AvgIpc) is 2.97. The molecular weight excluding hydrogens is 706 g/mol. The number of rotatable bonds is 8. The highest BCUT2D eigenvalue weighted by Gasteiger charge is 2.17. The van der Waals surface area contributed by atoms with Gasteiger partial charge in [0.25, 0.3) is 0 Å². The summed E-state index contributed by atoms with van der Waals surface area (Å²) in [4.78, 5) is 13.9. The van der Waals surface area contributed by atoms with Crippen LogP contribution in [0, 0.1) is 0 Å². The van der Waals surface area contributed by atoms with Crippen molar-refractivity contribution < 1.29 is 0 Å². The van der Waals surface area contributed by atoms with E-state index in [0.717, 1.165) is 63.9 Å². The van der Waals surface area contributed by atoms with Crippen LogP contribution < -0.4 is 10.6 Å². The zero-order valence-electron chi connectivity index (χ0n) is 21.8. The van der Waals surface area contributed by atoms with Crippen molar-refractivity contribution in [2.75, 3.05) is 26.7 Å². The highest BCUT2D eigenvalue weighted by atomic mass is 79.9. The molecule has 2 N–H and O–H groups in total. The summed E-state index contributed by atoms with van der Waals surface area (Å²) >= 11 is 31.5. The number of aliphatic imine (C=N–C) groups is 2. The van der Waals surface area contributed by atoms with Crippen LogP contribution in [0.15, 0.2) is 69.1 Å². The van der Waals surface area contributed by atoms with Gasteiger partial charge in [0.2, 0.25) is 0 Å². The van der Waals surface area contributed by atoms with E-state index in [9.17, 15) is 0 Å². The molecule has 13 heteroatoms. The third kappa shape index (κ3) is 9.17. The Morgan fingerprint density at radius 2 is 1.17 bits per heavy atom. The van der Waals surface area contributed by atoms with Gasteiger partial charge in [0.15, 0.2) is 10.3 Å². The van der Waals surface area contributed by atoms with Crippen LogP contribution in [-0.2, 0) is 24.6 Å². The molecule has 5 rings (SSSR count). The lowest BCUT2D eigenvalue weighted by molar-refractivity contribution is 0.258. The van der Waals surface area contributed by atoms with Gasteiger partial charge in [-0.15, -0.1) is 0 Å². The van der Waals surface area contributed by atoms with E-state index in [1.54, 1.807) is 23.5 Å². The number of benzene rings is 3. The highest BCUT2D eigenvalue weighted by molar-refractivity contribution is 9.10. The van der Waals surface area contributed by atoms with E-state index < -0.39 is 0 Å². The summed E-state index contributed by atoms with van der Waals surface area (Å²) in [5.74, 6) is 1.66. The van der Waals surface area contributed by atoms with Crippen molar-refractivity contribution in [3.05, 3.63) is 101 Å². The maximum atomic E-state index is 6.16. The maximum Gasteiger partial charge on any atom is 0.159 e. The van der Waals surface area contributed by atoms with Crippen molar-refractivity contribution in [3.8, 4) is 0 Å². The highest BCUT2D eigenvalue weighted by Crippen LogP contribution is 2.28. The SMILES string of the molecule is Clc1ccc(CN2CN=C(SCc3ccc(Br)cc3CSC3=NCN(Cc4ccc(Cl)c(Cl)c4)CN3)NC2)cc1Cl. The van der Waals surface area contributed by atoms with Crippen LogP contribution >= 0.6 is 85.9 Å². The van der Waals surface area contributed by atoms with Crippen LogP contribution in [0.5, 0.6) is 0 Å². The summed E-state index contributed by atoms with van der Waals surface area (Å²) in [6, 6.07) is 18.0. The molecule has 0 saturated heterocycles. The van der Waals surface area contributed by atoms with Crippen LogP contribution in [0.2, 0.25) is 20.1 Å². The lowest BCUT2D eigenvalue weighted by Gasteiger charge is -2.27. The van der Waals surface area contributed by atoms with Crippen molar-refractivity contribution in [3.63, 3.8) is 0 Å². The molecule has 0 amide bonds. The van der Waals surface area contributed by atoms with Crippen molar-refractivity contribution in [2.45, 2.75) is 24.6 Å². The summed E-state index contributed by atoms with van der Waals surface area (Å²) in [5.41, 5.74) is 4.78. The van der Waals surface area contributed by atoms with E-state index in [1.807, 2.05) is 36.4 Å². The van der Waals surface area contributed by atoms with Crippen LogP contribution in [0.3, 0.4) is 0 Å². The number of hydrogen-bond donors (Lipinski definition) is 2. The quantitative estimate of drug-likeness (QED) is 0.243. The monoisotopic (exact) mass is 730 g/mol. The Bertz CT molecular complexity index is 1460. The summed E-state index contributed by atoms with van der Waals surface area (Å²) in [7, 11) is 0. The predicted octanol–water partition coefficient (Wildman–Crippen LogP) is 8.28. The molecule has 0 aromatic heterocycles. The molecule has 3 aromatic rings. The topological polar surface area (TPSA) is 55.3 Å². The van der Waals surface area contributed by atoms with Gasteiger partial charge in [0.1, 0.15) is 0 Å². The Labute approximate surface area is 277 Å². The first-order valence-corrected chi connectivity index (χ1v) is 17.0. The molecule has 0 saturated carbocycles. The first-order valence-electron chi connectivity index (χ1n) is 12.7. The van der Waals surface area contributed by atoms with Gasteiger partial charge < -0.3 is 10.6 Å². The number of thioether (sulfide) groups is 2. The third-order valence-corrected chi connectivity index (χ3v) is 10.4.